The Morgan fingerprint density at radius 3 is 2.38 bits per heavy atom. The summed E-state index contributed by atoms with van der Waals surface area (Å²) in [7, 11) is 0. The predicted molar refractivity (Wildman–Crippen MR) is 84.0 cm³/mol. The molecule has 3 aromatic rings. The van der Waals surface area contributed by atoms with Crippen molar-refractivity contribution in [3.8, 4) is 11.4 Å². The Hall–Kier alpha value is -2.17. The SMILES string of the molecule is Cc1ccc([C@H](N)c2nc(-c3ccc(Cl)cc3)n[nH]2)cc1. The summed E-state index contributed by atoms with van der Waals surface area (Å²) < 4.78 is 0. The first-order valence-electron chi connectivity index (χ1n) is 6.64. The average molecular weight is 299 g/mol. The van der Waals surface area contributed by atoms with Gasteiger partial charge in [-0.2, -0.15) is 5.10 Å². The third-order valence-corrected chi connectivity index (χ3v) is 3.59. The lowest BCUT2D eigenvalue weighted by atomic mass is 10.1. The van der Waals surface area contributed by atoms with Gasteiger partial charge in [0.1, 0.15) is 5.82 Å². The monoisotopic (exact) mass is 298 g/mol. The van der Waals surface area contributed by atoms with Crippen molar-refractivity contribution in [2.45, 2.75) is 13.0 Å². The summed E-state index contributed by atoms with van der Waals surface area (Å²) in [4.78, 5) is 4.47. The van der Waals surface area contributed by atoms with E-state index in [-0.39, 0.29) is 6.04 Å². The minimum absolute atomic E-state index is 0.320. The van der Waals surface area contributed by atoms with Gasteiger partial charge in [0.15, 0.2) is 5.82 Å². The van der Waals surface area contributed by atoms with E-state index in [0.29, 0.717) is 16.7 Å². The van der Waals surface area contributed by atoms with Crippen LogP contribution in [-0.2, 0) is 0 Å². The van der Waals surface area contributed by atoms with Crippen LogP contribution in [0.2, 0.25) is 5.02 Å². The fourth-order valence-corrected chi connectivity index (χ4v) is 2.20. The van der Waals surface area contributed by atoms with Crippen molar-refractivity contribution in [1.82, 2.24) is 15.2 Å². The molecular weight excluding hydrogens is 284 g/mol. The summed E-state index contributed by atoms with van der Waals surface area (Å²) in [5, 5.41) is 7.82. The number of aromatic amines is 1. The molecule has 0 saturated carbocycles. The van der Waals surface area contributed by atoms with E-state index in [9.17, 15) is 0 Å². The van der Waals surface area contributed by atoms with E-state index in [1.54, 1.807) is 0 Å². The number of aromatic nitrogens is 3. The fourth-order valence-electron chi connectivity index (χ4n) is 2.07. The minimum Gasteiger partial charge on any atom is -0.318 e. The Labute approximate surface area is 128 Å². The van der Waals surface area contributed by atoms with Gasteiger partial charge in [-0.1, -0.05) is 41.4 Å². The van der Waals surface area contributed by atoms with E-state index >= 15 is 0 Å². The molecule has 5 heteroatoms. The Balaban J connectivity index is 1.87. The first kappa shape index (κ1) is 13.8. The fraction of sp³-hybridized carbons (Fsp3) is 0.125. The Bertz CT molecular complexity index is 732. The van der Waals surface area contributed by atoms with Crippen LogP contribution in [0.4, 0.5) is 0 Å². The van der Waals surface area contributed by atoms with Crippen LogP contribution in [0, 0.1) is 6.92 Å². The van der Waals surface area contributed by atoms with Crippen LogP contribution in [0.1, 0.15) is 23.0 Å². The van der Waals surface area contributed by atoms with Crippen molar-refractivity contribution in [3.63, 3.8) is 0 Å². The summed E-state index contributed by atoms with van der Waals surface area (Å²) in [5.41, 5.74) is 9.33. The molecule has 0 unspecified atom stereocenters. The van der Waals surface area contributed by atoms with Gasteiger partial charge in [-0.3, -0.25) is 5.10 Å². The summed E-state index contributed by atoms with van der Waals surface area (Å²) in [6.45, 7) is 2.04. The lowest BCUT2D eigenvalue weighted by molar-refractivity contribution is 0.787. The normalized spacial score (nSPS) is 12.3. The second-order valence-corrected chi connectivity index (χ2v) is 5.38. The first-order chi connectivity index (χ1) is 10.1. The predicted octanol–water partition coefficient (Wildman–Crippen LogP) is 3.48. The number of aryl methyl sites for hydroxylation is 1. The van der Waals surface area contributed by atoms with Crippen LogP contribution >= 0.6 is 11.6 Å². The van der Waals surface area contributed by atoms with Crippen molar-refractivity contribution in [2.75, 3.05) is 0 Å². The second kappa shape index (κ2) is 5.68. The van der Waals surface area contributed by atoms with E-state index in [4.69, 9.17) is 17.3 Å². The number of halogens is 1. The maximum Gasteiger partial charge on any atom is 0.181 e. The number of nitrogens with zero attached hydrogens (tertiary/aromatic N) is 2. The molecule has 3 rings (SSSR count). The Kier molecular flexibility index (Phi) is 3.73. The first-order valence-corrected chi connectivity index (χ1v) is 7.01. The highest BCUT2D eigenvalue weighted by Crippen LogP contribution is 2.21. The lowest BCUT2D eigenvalue weighted by Crippen LogP contribution is -2.13. The third kappa shape index (κ3) is 2.96. The molecule has 0 spiro atoms. The van der Waals surface area contributed by atoms with Crippen LogP contribution < -0.4 is 5.73 Å². The zero-order valence-electron chi connectivity index (χ0n) is 11.5. The summed E-state index contributed by atoms with van der Waals surface area (Å²) in [6.07, 6.45) is 0. The summed E-state index contributed by atoms with van der Waals surface area (Å²) >= 11 is 5.88. The molecule has 106 valence electrons. The van der Waals surface area contributed by atoms with Crippen molar-refractivity contribution >= 4 is 11.6 Å². The number of hydrogen-bond donors (Lipinski definition) is 2. The molecule has 0 aliphatic heterocycles. The molecule has 1 atom stereocenters. The molecule has 0 aliphatic rings. The maximum absolute atomic E-state index is 6.23. The maximum atomic E-state index is 6.23. The van der Waals surface area contributed by atoms with Gasteiger partial charge >= 0.3 is 0 Å². The number of hydrogen-bond acceptors (Lipinski definition) is 3. The van der Waals surface area contributed by atoms with Gasteiger partial charge in [0.05, 0.1) is 6.04 Å². The molecule has 0 saturated heterocycles. The van der Waals surface area contributed by atoms with E-state index in [2.05, 4.69) is 15.2 Å². The van der Waals surface area contributed by atoms with Crippen LogP contribution in [0.3, 0.4) is 0 Å². The van der Waals surface area contributed by atoms with Crippen molar-refractivity contribution in [3.05, 3.63) is 70.5 Å². The number of nitrogens with one attached hydrogen (secondary N) is 1. The van der Waals surface area contributed by atoms with E-state index in [0.717, 1.165) is 11.1 Å². The highest BCUT2D eigenvalue weighted by molar-refractivity contribution is 6.30. The quantitative estimate of drug-likeness (QED) is 0.778. The smallest absolute Gasteiger partial charge is 0.181 e. The van der Waals surface area contributed by atoms with Gasteiger partial charge in [0.2, 0.25) is 0 Å². The largest absolute Gasteiger partial charge is 0.318 e. The Morgan fingerprint density at radius 2 is 1.71 bits per heavy atom. The van der Waals surface area contributed by atoms with Crippen LogP contribution in [0.15, 0.2) is 48.5 Å². The van der Waals surface area contributed by atoms with Gasteiger partial charge in [0, 0.05) is 10.6 Å². The zero-order valence-corrected chi connectivity index (χ0v) is 12.3. The van der Waals surface area contributed by atoms with E-state index in [1.165, 1.54) is 5.56 Å². The van der Waals surface area contributed by atoms with Crippen LogP contribution in [0.25, 0.3) is 11.4 Å². The molecule has 0 bridgehead atoms. The molecule has 0 radical (unpaired) electrons. The topological polar surface area (TPSA) is 67.6 Å². The molecule has 1 aromatic heterocycles. The van der Waals surface area contributed by atoms with Gasteiger partial charge in [0.25, 0.3) is 0 Å². The standard InChI is InChI=1S/C16H15ClN4/c1-10-2-4-11(5-3-10)14(18)16-19-15(20-21-16)12-6-8-13(17)9-7-12/h2-9,14H,18H2,1H3,(H,19,20,21)/t14-/m0/s1. The summed E-state index contributed by atoms with van der Waals surface area (Å²) in [6, 6.07) is 15.1. The van der Waals surface area contributed by atoms with Crippen LogP contribution in [-0.4, -0.2) is 15.2 Å². The number of rotatable bonds is 3. The van der Waals surface area contributed by atoms with Crippen molar-refractivity contribution in [2.24, 2.45) is 5.73 Å². The number of H-pyrrole nitrogens is 1. The van der Waals surface area contributed by atoms with Crippen molar-refractivity contribution in [1.29, 1.82) is 0 Å². The minimum atomic E-state index is -0.320. The third-order valence-electron chi connectivity index (χ3n) is 3.34. The molecule has 21 heavy (non-hydrogen) atoms. The summed E-state index contributed by atoms with van der Waals surface area (Å²) in [5.74, 6) is 1.26. The van der Waals surface area contributed by atoms with Crippen molar-refractivity contribution < 1.29 is 0 Å². The molecule has 3 N–H and O–H groups in total. The molecule has 0 aliphatic carbocycles. The van der Waals surface area contributed by atoms with Gasteiger partial charge in [-0.05, 0) is 36.8 Å². The molecule has 0 amide bonds. The molecule has 0 fully saturated rings. The van der Waals surface area contributed by atoms with Gasteiger partial charge < -0.3 is 5.73 Å². The number of benzene rings is 2. The lowest BCUT2D eigenvalue weighted by Gasteiger charge is -2.08. The number of nitrogens with two attached hydrogens (primary N) is 1. The van der Waals surface area contributed by atoms with Gasteiger partial charge in [-0.25, -0.2) is 4.98 Å². The average Bonchev–Trinajstić information content (AvgIpc) is 2.98. The highest BCUT2D eigenvalue weighted by Gasteiger charge is 2.14. The molecular formula is C16H15ClN4. The molecule has 4 nitrogen and oxygen atoms in total. The van der Waals surface area contributed by atoms with Gasteiger partial charge in [-0.15, -0.1) is 0 Å². The van der Waals surface area contributed by atoms with E-state index in [1.807, 2.05) is 55.5 Å². The Morgan fingerprint density at radius 1 is 1.05 bits per heavy atom. The zero-order chi connectivity index (χ0) is 14.8. The molecule has 2 aromatic carbocycles. The second-order valence-electron chi connectivity index (χ2n) is 4.94. The molecule has 1 heterocycles. The van der Waals surface area contributed by atoms with Crippen LogP contribution in [0.5, 0.6) is 0 Å². The highest BCUT2D eigenvalue weighted by atomic mass is 35.5. The van der Waals surface area contributed by atoms with E-state index < -0.39 is 0 Å².